The maximum Gasteiger partial charge on any atom is 0.338 e. The van der Waals surface area contributed by atoms with Crippen molar-refractivity contribution in [3.63, 3.8) is 0 Å². The molecule has 1 amide bonds. The Labute approximate surface area is 167 Å². The van der Waals surface area contributed by atoms with E-state index >= 15 is 0 Å². The van der Waals surface area contributed by atoms with Gasteiger partial charge in [0.15, 0.2) is 6.61 Å². The average molecular weight is 411 g/mol. The second kappa shape index (κ2) is 10.6. The Morgan fingerprint density at radius 2 is 1.61 bits per heavy atom. The fraction of sp³-hybridized carbons (Fsp3) is 0.600. The Balaban J connectivity index is 1.89. The van der Waals surface area contributed by atoms with E-state index in [0.29, 0.717) is 13.1 Å². The maximum absolute atomic E-state index is 12.5. The van der Waals surface area contributed by atoms with E-state index in [4.69, 9.17) is 4.74 Å². The minimum Gasteiger partial charge on any atom is -0.452 e. The highest BCUT2D eigenvalue weighted by Crippen LogP contribution is 2.18. The lowest BCUT2D eigenvalue weighted by Crippen LogP contribution is -2.37. The van der Waals surface area contributed by atoms with Crippen LogP contribution in [0, 0.1) is 0 Å². The van der Waals surface area contributed by atoms with Crippen LogP contribution in [-0.4, -0.2) is 50.3 Å². The normalized spacial score (nSPS) is 15.8. The van der Waals surface area contributed by atoms with Crippen molar-refractivity contribution in [3.8, 4) is 0 Å². The summed E-state index contributed by atoms with van der Waals surface area (Å²) < 4.78 is 31.3. The summed E-state index contributed by atoms with van der Waals surface area (Å²) in [6.07, 6.45) is 6.52. The van der Waals surface area contributed by atoms with Gasteiger partial charge in [-0.15, -0.1) is 0 Å². The molecular formula is C20H30N2O5S. The van der Waals surface area contributed by atoms with Gasteiger partial charge in [-0.05, 0) is 37.1 Å². The number of amides is 1. The lowest BCUT2D eigenvalue weighted by atomic mass is 10.1. The molecule has 2 rings (SSSR count). The van der Waals surface area contributed by atoms with Crippen LogP contribution in [0.3, 0.4) is 0 Å². The molecule has 1 N–H and O–H groups in total. The molecule has 0 saturated heterocycles. The first-order valence-corrected chi connectivity index (χ1v) is 11.4. The predicted molar refractivity (Wildman–Crippen MR) is 106 cm³/mol. The van der Waals surface area contributed by atoms with Crippen LogP contribution in [0.25, 0.3) is 0 Å². The van der Waals surface area contributed by atoms with E-state index < -0.39 is 16.0 Å². The van der Waals surface area contributed by atoms with E-state index in [1.54, 1.807) is 13.8 Å². The molecule has 0 radical (unpaired) electrons. The van der Waals surface area contributed by atoms with Crippen LogP contribution in [-0.2, 0) is 19.6 Å². The van der Waals surface area contributed by atoms with E-state index in [0.717, 1.165) is 25.7 Å². The summed E-state index contributed by atoms with van der Waals surface area (Å²) in [4.78, 5) is 24.3. The Kier molecular flexibility index (Phi) is 8.44. The summed E-state index contributed by atoms with van der Waals surface area (Å²) in [7, 11) is -3.57. The number of benzene rings is 1. The molecule has 0 aromatic heterocycles. The lowest BCUT2D eigenvalue weighted by Gasteiger charge is -2.18. The summed E-state index contributed by atoms with van der Waals surface area (Å²) >= 11 is 0. The Bertz CT molecular complexity index is 749. The van der Waals surface area contributed by atoms with E-state index in [1.807, 2.05) is 0 Å². The number of sulfonamides is 1. The molecule has 28 heavy (non-hydrogen) atoms. The standard InChI is InChI=1S/C20H30N2O5S/c1-3-22(4-2)28(25,26)18-13-11-16(12-14-18)20(24)27-15-19(23)21-17-9-7-5-6-8-10-17/h11-14,17H,3-10,15H2,1-2H3,(H,21,23). The van der Waals surface area contributed by atoms with Gasteiger partial charge in [-0.3, -0.25) is 4.79 Å². The van der Waals surface area contributed by atoms with Crippen molar-refractivity contribution in [1.82, 2.24) is 9.62 Å². The third kappa shape index (κ3) is 6.04. The van der Waals surface area contributed by atoms with Crippen LogP contribution >= 0.6 is 0 Å². The molecule has 1 fully saturated rings. The largest absolute Gasteiger partial charge is 0.452 e. The van der Waals surface area contributed by atoms with Crippen molar-refractivity contribution < 1.29 is 22.7 Å². The number of hydrogen-bond acceptors (Lipinski definition) is 5. The number of rotatable bonds is 8. The first-order chi connectivity index (χ1) is 13.4. The summed E-state index contributed by atoms with van der Waals surface area (Å²) in [5.74, 6) is -0.955. The monoisotopic (exact) mass is 410 g/mol. The molecule has 156 valence electrons. The molecule has 0 heterocycles. The number of nitrogens with zero attached hydrogens (tertiary/aromatic N) is 1. The maximum atomic E-state index is 12.5. The van der Waals surface area contributed by atoms with Gasteiger partial charge in [-0.25, -0.2) is 13.2 Å². The van der Waals surface area contributed by atoms with Crippen LogP contribution in [0.4, 0.5) is 0 Å². The SMILES string of the molecule is CCN(CC)S(=O)(=O)c1ccc(C(=O)OCC(=O)NC2CCCCCC2)cc1. The summed E-state index contributed by atoms with van der Waals surface area (Å²) in [5.41, 5.74) is 0.209. The molecule has 8 heteroatoms. The molecule has 0 unspecified atom stereocenters. The highest BCUT2D eigenvalue weighted by atomic mass is 32.2. The highest BCUT2D eigenvalue weighted by molar-refractivity contribution is 7.89. The van der Waals surface area contributed by atoms with Gasteiger partial charge in [0.2, 0.25) is 10.0 Å². The molecule has 7 nitrogen and oxygen atoms in total. The summed E-state index contributed by atoms with van der Waals surface area (Å²) in [6, 6.07) is 5.73. The van der Waals surface area contributed by atoms with Crippen molar-refractivity contribution in [2.45, 2.75) is 63.3 Å². The zero-order chi connectivity index (χ0) is 20.6. The molecular weight excluding hydrogens is 380 g/mol. The van der Waals surface area contributed by atoms with E-state index in [-0.39, 0.29) is 29.0 Å². The first kappa shape index (κ1) is 22.4. The van der Waals surface area contributed by atoms with Gasteiger partial charge in [0.05, 0.1) is 10.5 Å². The zero-order valence-electron chi connectivity index (χ0n) is 16.6. The predicted octanol–water partition coefficient (Wildman–Crippen LogP) is 2.71. The van der Waals surface area contributed by atoms with Gasteiger partial charge >= 0.3 is 5.97 Å². The van der Waals surface area contributed by atoms with Crippen LogP contribution in [0.5, 0.6) is 0 Å². The topological polar surface area (TPSA) is 92.8 Å². The van der Waals surface area contributed by atoms with Crippen molar-refractivity contribution >= 4 is 21.9 Å². The molecule has 0 atom stereocenters. The van der Waals surface area contributed by atoms with Gasteiger partial charge in [0, 0.05) is 19.1 Å². The molecule has 1 aromatic carbocycles. The summed E-state index contributed by atoms with van der Waals surface area (Å²) in [6.45, 7) is 3.95. The van der Waals surface area contributed by atoms with E-state index in [2.05, 4.69) is 5.32 Å². The van der Waals surface area contributed by atoms with Crippen molar-refractivity contribution in [2.75, 3.05) is 19.7 Å². The Morgan fingerprint density at radius 3 is 2.14 bits per heavy atom. The number of ether oxygens (including phenoxy) is 1. The average Bonchev–Trinajstić information content (AvgIpc) is 2.95. The van der Waals surface area contributed by atoms with Crippen LogP contribution in [0.15, 0.2) is 29.2 Å². The second-order valence-corrected chi connectivity index (χ2v) is 8.88. The molecule has 1 aromatic rings. The van der Waals surface area contributed by atoms with E-state index in [1.165, 1.54) is 41.4 Å². The van der Waals surface area contributed by atoms with Gasteiger partial charge in [0.1, 0.15) is 0 Å². The number of nitrogens with one attached hydrogen (secondary N) is 1. The van der Waals surface area contributed by atoms with Gasteiger partial charge < -0.3 is 10.1 Å². The number of esters is 1. The van der Waals surface area contributed by atoms with Crippen LogP contribution in [0.1, 0.15) is 62.7 Å². The molecule has 0 bridgehead atoms. The minimum absolute atomic E-state index is 0.124. The van der Waals surface area contributed by atoms with Crippen molar-refractivity contribution in [2.24, 2.45) is 0 Å². The number of carbonyl (C=O) groups is 2. The number of carbonyl (C=O) groups excluding carboxylic acids is 2. The van der Waals surface area contributed by atoms with Gasteiger partial charge in [-0.2, -0.15) is 4.31 Å². The third-order valence-electron chi connectivity index (χ3n) is 4.99. The van der Waals surface area contributed by atoms with Gasteiger partial charge in [0.25, 0.3) is 5.91 Å². The highest BCUT2D eigenvalue weighted by Gasteiger charge is 2.22. The Hall–Kier alpha value is -1.93. The van der Waals surface area contributed by atoms with Crippen LogP contribution < -0.4 is 5.32 Å². The molecule has 1 saturated carbocycles. The first-order valence-electron chi connectivity index (χ1n) is 9.95. The van der Waals surface area contributed by atoms with Crippen LogP contribution in [0.2, 0.25) is 0 Å². The fourth-order valence-electron chi connectivity index (χ4n) is 3.38. The lowest BCUT2D eigenvalue weighted by molar-refractivity contribution is -0.125. The van der Waals surface area contributed by atoms with Gasteiger partial charge in [-0.1, -0.05) is 39.5 Å². The molecule has 0 aliphatic heterocycles. The fourth-order valence-corrected chi connectivity index (χ4v) is 4.84. The van der Waals surface area contributed by atoms with Crippen molar-refractivity contribution in [3.05, 3.63) is 29.8 Å². The zero-order valence-corrected chi connectivity index (χ0v) is 17.5. The third-order valence-corrected chi connectivity index (χ3v) is 7.05. The Morgan fingerprint density at radius 1 is 1.04 bits per heavy atom. The molecule has 0 spiro atoms. The van der Waals surface area contributed by atoms with E-state index in [9.17, 15) is 18.0 Å². The number of hydrogen-bond donors (Lipinski definition) is 1. The smallest absolute Gasteiger partial charge is 0.338 e. The quantitative estimate of drug-likeness (QED) is 0.525. The minimum atomic E-state index is -3.57. The molecule has 1 aliphatic carbocycles. The molecule has 1 aliphatic rings. The summed E-state index contributed by atoms with van der Waals surface area (Å²) in [5, 5.41) is 2.92. The second-order valence-electron chi connectivity index (χ2n) is 6.95. The van der Waals surface area contributed by atoms with Crippen molar-refractivity contribution in [1.29, 1.82) is 0 Å².